The van der Waals surface area contributed by atoms with Crippen molar-refractivity contribution in [2.24, 2.45) is 0 Å². The summed E-state index contributed by atoms with van der Waals surface area (Å²) in [7, 11) is 0. The molecule has 0 atom stereocenters. The highest BCUT2D eigenvalue weighted by Gasteiger charge is 2.30. The van der Waals surface area contributed by atoms with Crippen molar-refractivity contribution in [2.75, 3.05) is 25.0 Å². The Morgan fingerprint density at radius 3 is 2.12 bits per heavy atom. The van der Waals surface area contributed by atoms with Gasteiger partial charge in [0.25, 0.3) is 0 Å². The van der Waals surface area contributed by atoms with Crippen LogP contribution in [0.3, 0.4) is 0 Å². The van der Waals surface area contributed by atoms with Crippen LogP contribution in [0.2, 0.25) is 0 Å². The molecule has 0 spiro atoms. The first-order valence-electron chi connectivity index (χ1n) is 6.97. The summed E-state index contributed by atoms with van der Waals surface area (Å²) >= 11 is 0. The van der Waals surface area contributed by atoms with Crippen LogP contribution in [0.15, 0.2) is 24.3 Å². The topological polar surface area (TPSA) is 89.2 Å². The number of nitrogens with one attached hydrogen (secondary N) is 1. The second-order valence-corrected chi connectivity index (χ2v) is 4.62. The van der Waals surface area contributed by atoms with Gasteiger partial charge in [-0.05, 0) is 24.3 Å². The zero-order valence-electron chi connectivity index (χ0n) is 12.6. The number of halogens is 3. The summed E-state index contributed by atoms with van der Waals surface area (Å²) in [6.07, 6.45) is -4.45. The van der Waals surface area contributed by atoms with Crippen LogP contribution < -0.4 is 10.1 Å². The van der Waals surface area contributed by atoms with Gasteiger partial charge in [-0.25, -0.2) is 0 Å². The molecule has 1 aromatic carbocycles. The molecule has 0 aliphatic heterocycles. The van der Waals surface area contributed by atoms with Crippen molar-refractivity contribution < 1.29 is 22.7 Å². The van der Waals surface area contributed by atoms with E-state index in [1.54, 1.807) is 0 Å². The largest absolute Gasteiger partial charge is 0.573 e. The molecular formula is C15H15F3N4O2. The molecule has 6 nitrogen and oxygen atoms in total. The molecule has 0 aliphatic rings. The standard InChI is InChI=1S/C15H15F3N4O2/c16-15(17,18)24-13-5-3-12(4-6-13)21-11-14(23)22(9-1-7-19)10-2-8-20/h3-6,21H,1-2,9-11H2. The highest BCUT2D eigenvalue weighted by molar-refractivity contribution is 5.80. The summed E-state index contributed by atoms with van der Waals surface area (Å²) in [6.45, 7) is 0.338. The minimum atomic E-state index is -4.76. The van der Waals surface area contributed by atoms with Gasteiger partial charge in [0, 0.05) is 18.8 Å². The van der Waals surface area contributed by atoms with Gasteiger partial charge >= 0.3 is 6.36 Å². The van der Waals surface area contributed by atoms with Crippen molar-refractivity contribution in [2.45, 2.75) is 19.2 Å². The van der Waals surface area contributed by atoms with E-state index in [0.29, 0.717) is 5.69 Å². The van der Waals surface area contributed by atoms with Crippen molar-refractivity contribution in [3.05, 3.63) is 24.3 Å². The van der Waals surface area contributed by atoms with Crippen LogP contribution >= 0.6 is 0 Å². The molecule has 1 N–H and O–H groups in total. The summed E-state index contributed by atoms with van der Waals surface area (Å²) < 4.78 is 39.9. The second-order valence-electron chi connectivity index (χ2n) is 4.62. The Hall–Kier alpha value is -2.94. The van der Waals surface area contributed by atoms with E-state index in [1.807, 2.05) is 12.1 Å². The van der Waals surface area contributed by atoms with Crippen LogP contribution in [-0.4, -0.2) is 36.8 Å². The third-order valence-electron chi connectivity index (χ3n) is 2.87. The van der Waals surface area contributed by atoms with Gasteiger partial charge in [0.1, 0.15) is 5.75 Å². The molecule has 0 bridgehead atoms. The van der Waals surface area contributed by atoms with Crippen LogP contribution in [0, 0.1) is 22.7 Å². The number of ether oxygens (including phenoxy) is 1. The fourth-order valence-corrected chi connectivity index (χ4v) is 1.80. The average molecular weight is 340 g/mol. The van der Waals surface area contributed by atoms with E-state index in [2.05, 4.69) is 10.1 Å². The summed E-state index contributed by atoms with van der Waals surface area (Å²) in [5.41, 5.74) is 0.443. The summed E-state index contributed by atoms with van der Waals surface area (Å²) in [4.78, 5) is 13.4. The maximum atomic E-state index is 12.1. The quantitative estimate of drug-likeness (QED) is 0.786. The SMILES string of the molecule is N#CCCN(CCC#N)C(=O)CNc1ccc(OC(F)(F)F)cc1. The van der Waals surface area contributed by atoms with Gasteiger partial charge in [-0.2, -0.15) is 10.5 Å². The molecule has 0 unspecified atom stereocenters. The number of nitrogens with zero attached hydrogens (tertiary/aromatic N) is 3. The van der Waals surface area contributed by atoms with Crippen molar-refractivity contribution >= 4 is 11.6 Å². The van der Waals surface area contributed by atoms with Gasteiger partial charge in [0.05, 0.1) is 31.5 Å². The number of benzene rings is 1. The zero-order chi connectivity index (χ0) is 18.0. The summed E-state index contributed by atoms with van der Waals surface area (Å²) in [6, 6.07) is 8.81. The maximum absolute atomic E-state index is 12.1. The lowest BCUT2D eigenvalue weighted by Crippen LogP contribution is -2.36. The Balaban J connectivity index is 2.55. The number of carbonyl (C=O) groups is 1. The predicted octanol–water partition coefficient (Wildman–Crippen LogP) is 2.65. The van der Waals surface area contributed by atoms with Crippen LogP contribution in [0.1, 0.15) is 12.8 Å². The van der Waals surface area contributed by atoms with Crippen molar-refractivity contribution in [3.63, 3.8) is 0 Å². The number of carbonyl (C=O) groups excluding carboxylic acids is 1. The number of amides is 1. The third kappa shape index (κ3) is 7.36. The lowest BCUT2D eigenvalue weighted by atomic mass is 10.3. The van der Waals surface area contributed by atoms with Crippen LogP contribution in [0.25, 0.3) is 0 Å². The first kappa shape index (κ1) is 19.1. The van der Waals surface area contributed by atoms with Crippen LogP contribution in [-0.2, 0) is 4.79 Å². The van der Waals surface area contributed by atoms with Crippen LogP contribution in [0.4, 0.5) is 18.9 Å². The Kier molecular flexibility index (Phi) is 7.37. The summed E-state index contributed by atoms with van der Waals surface area (Å²) in [5.74, 6) is -0.667. The minimum absolute atomic E-state index is 0.101. The molecule has 0 saturated heterocycles. The van der Waals surface area contributed by atoms with Gasteiger partial charge in [-0.15, -0.1) is 13.2 Å². The molecule has 9 heteroatoms. The first-order chi connectivity index (χ1) is 11.4. The zero-order valence-corrected chi connectivity index (χ0v) is 12.6. The fraction of sp³-hybridized carbons (Fsp3) is 0.400. The Labute approximate surface area is 137 Å². The first-order valence-corrected chi connectivity index (χ1v) is 6.97. The molecule has 0 heterocycles. The van der Waals surface area contributed by atoms with Gasteiger partial charge in [0.2, 0.25) is 5.91 Å². The van der Waals surface area contributed by atoms with E-state index < -0.39 is 6.36 Å². The monoisotopic (exact) mass is 340 g/mol. The van der Waals surface area contributed by atoms with Gasteiger partial charge in [-0.1, -0.05) is 0 Å². The van der Waals surface area contributed by atoms with Gasteiger partial charge in [0.15, 0.2) is 0 Å². The molecule has 1 amide bonds. The molecular weight excluding hydrogens is 325 g/mol. The Morgan fingerprint density at radius 1 is 1.12 bits per heavy atom. The molecule has 0 fully saturated rings. The second kappa shape index (κ2) is 9.26. The number of hydrogen-bond acceptors (Lipinski definition) is 5. The highest BCUT2D eigenvalue weighted by atomic mass is 19.4. The Morgan fingerprint density at radius 2 is 1.67 bits per heavy atom. The van der Waals surface area contributed by atoms with E-state index in [0.717, 1.165) is 12.1 Å². The minimum Gasteiger partial charge on any atom is -0.406 e. The van der Waals surface area contributed by atoms with E-state index >= 15 is 0 Å². The van der Waals surface area contributed by atoms with E-state index in [1.165, 1.54) is 17.0 Å². The number of anilines is 1. The molecule has 0 aromatic heterocycles. The molecule has 0 aliphatic carbocycles. The molecule has 128 valence electrons. The number of rotatable bonds is 8. The number of alkyl halides is 3. The predicted molar refractivity (Wildman–Crippen MR) is 78.7 cm³/mol. The summed E-state index contributed by atoms with van der Waals surface area (Å²) in [5, 5.41) is 19.9. The maximum Gasteiger partial charge on any atom is 0.573 e. The van der Waals surface area contributed by atoms with Crippen LogP contribution in [0.5, 0.6) is 5.75 Å². The Bertz CT molecular complexity index is 600. The normalized spacial score (nSPS) is 10.4. The van der Waals surface area contributed by atoms with Crippen molar-refractivity contribution in [1.82, 2.24) is 4.90 Å². The molecule has 0 saturated carbocycles. The molecule has 1 rings (SSSR count). The van der Waals surface area contributed by atoms with Gasteiger partial charge < -0.3 is 15.0 Å². The lowest BCUT2D eigenvalue weighted by Gasteiger charge is -2.20. The highest BCUT2D eigenvalue weighted by Crippen LogP contribution is 2.23. The van der Waals surface area contributed by atoms with E-state index in [9.17, 15) is 18.0 Å². The van der Waals surface area contributed by atoms with Crippen molar-refractivity contribution in [1.29, 1.82) is 10.5 Å². The van der Waals surface area contributed by atoms with E-state index in [4.69, 9.17) is 10.5 Å². The smallest absolute Gasteiger partial charge is 0.406 e. The number of nitriles is 2. The van der Waals surface area contributed by atoms with E-state index in [-0.39, 0.29) is 44.1 Å². The number of hydrogen-bond donors (Lipinski definition) is 1. The molecule has 24 heavy (non-hydrogen) atoms. The van der Waals surface area contributed by atoms with Crippen molar-refractivity contribution in [3.8, 4) is 17.9 Å². The third-order valence-corrected chi connectivity index (χ3v) is 2.87. The average Bonchev–Trinajstić information content (AvgIpc) is 2.52. The molecule has 0 radical (unpaired) electrons. The van der Waals surface area contributed by atoms with Gasteiger partial charge in [-0.3, -0.25) is 4.79 Å². The lowest BCUT2D eigenvalue weighted by molar-refractivity contribution is -0.274. The molecule has 1 aromatic rings. The fourth-order valence-electron chi connectivity index (χ4n) is 1.80.